The van der Waals surface area contributed by atoms with Gasteiger partial charge in [-0.2, -0.15) is 0 Å². The summed E-state index contributed by atoms with van der Waals surface area (Å²) >= 11 is 0. The summed E-state index contributed by atoms with van der Waals surface area (Å²) in [4.78, 5) is 0. The summed E-state index contributed by atoms with van der Waals surface area (Å²) in [6.45, 7) is 2.28. The van der Waals surface area contributed by atoms with E-state index in [-0.39, 0.29) is 0 Å². The number of hydrogen-bond acceptors (Lipinski definition) is 1. The van der Waals surface area contributed by atoms with Crippen molar-refractivity contribution in [1.29, 1.82) is 0 Å². The third-order valence-electron chi connectivity index (χ3n) is 3.28. The van der Waals surface area contributed by atoms with Crippen molar-refractivity contribution in [1.82, 2.24) is 0 Å². The molecule has 1 aliphatic rings. The Morgan fingerprint density at radius 2 is 2.08 bits per heavy atom. The number of unbranched alkanes of at least 4 members (excludes halogenated alkanes) is 2. The second-order valence-electron chi connectivity index (χ2n) is 4.39. The smallest absolute Gasteiger partial charge is 0.0574 e. The fourth-order valence-electron chi connectivity index (χ4n) is 2.40. The first kappa shape index (κ1) is 11.0. The first-order valence-electron chi connectivity index (χ1n) is 5.89. The molecule has 0 bridgehead atoms. The first-order valence-corrected chi connectivity index (χ1v) is 5.89. The summed E-state index contributed by atoms with van der Waals surface area (Å²) < 4.78 is 5.43. The summed E-state index contributed by atoms with van der Waals surface area (Å²) in [5.74, 6) is 0.963. The van der Waals surface area contributed by atoms with Crippen molar-refractivity contribution in [3.05, 3.63) is 0 Å². The van der Waals surface area contributed by atoms with Gasteiger partial charge in [0, 0.05) is 7.11 Å². The number of hydrogen-bond donors (Lipinski definition) is 0. The van der Waals surface area contributed by atoms with Gasteiger partial charge >= 0.3 is 0 Å². The predicted octanol–water partition coefficient (Wildman–Crippen LogP) is 3.77. The first-order chi connectivity index (χ1) is 6.36. The Bertz CT molecular complexity index is 122. The fourth-order valence-corrected chi connectivity index (χ4v) is 2.40. The maximum absolute atomic E-state index is 5.43. The van der Waals surface area contributed by atoms with Crippen LogP contribution in [0.2, 0.25) is 0 Å². The number of ether oxygens (including phenoxy) is 1. The summed E-state index contributed by atoms with van der Waals surface area (Å²) in [5.41, 5.74) is 0. The minimum Gasteiger partial charge on any atom is -0.381 e. The molecule has 1 aliphatic carbocycles. The molecule has 0 aliphatic heterocycles. The van der Waals surface area contributed by atoms with Crippen LogP contribution in [0.15, 0.2) is 0 Å². The molecule has 0 saturated heterocycles. The zero-order chi connectivity index (χ0) is 9.52. The summed E-state index contributed by atoms with van der Waals surface area (Å²) in [7, 11) is 1.86. The van der Waals surface area contributed by atoms with Crippen molar-refractivity contribution in [3.63, 3.8) is 0 Å². The fraction of sp³-hybridized carbons (Fsp3) is 1.00. The van der Waals surface area contributed by atoms with Gasteiger partial charge in [-0.15, -0.1) is 0 Å². The molecule has 0 heterocycles. The van der Waals surface area contributed by atoms with Crippen LogP contribution in [-0.2, 0) is 4.74 Å². The van der Waals surface area contributed by atoms with Crippen LogP contribution >= 0.6 is 0 Å². The average Bonchev–Trinajstić information content (AvgIpc) is 2.19. The molecule has 0 aromatic rings. The van der Waals surface area contributed by atoms with Gasteiger partial charge in [0.15, 0.2) is 0 Å². The maximum Gasteiger partial charge on any atom is 0.0574 e. The normalized spacial score (nSPS) is 29.1. The Labute approximate surface area is 82.9 Å². The van der Waals surface area contributed by atoms with Crippen LogP contribution < -0.4 is 0 Å². The molecular formula is C12H24O. The second-order valence-corrected chi connectivity index (χ2v) is 4.39. The molecule has 78 valence electrons. The molecule has 0 aromatic heterocycles. The van der Waals surface area contributed by atoms with Gasteiger partial charge in [-0.1, -0.05) is 45.4 Å². The van der Waals surface area contributed by atoms with Gasteiger partial charge < -0.3 is 4.74 Å². The molecule has 0 amide bonds. The average molecular weight is 184 g/mol. The highest BCUT2D eigenvalue weighted by Gasteiger charge is 2.20. The lowest BCUT2D eigenvalue weighted by Gasteiger charge is -2.28. The van der Waals surface area contributed by atoms with Gasteiger partial charge in [0.05, 0.1) is 6.10 Å². The quantitative estimate of drug-likeness (QED) is 0.591. The lowest BCUT2D eigenvalue weighted by Crippen LogP contribution is -2.21. The number of rotatable bonds is 5. The van der Waals surface area contributed by atoms with E-state index < -0.39 is 0 Å². The zero-order valence-corrected chi connectivity index (χ0v) is 9.22. The van der Waals surface area contributed by atoms with E-state index in [0.717, 1.165) is 5.92 Å². The van der Waals surface area contributed by atoms with Gasteiger partial charge in [-0.25, -0.2) is 0 Å². The van der Waals surface area contributed by atoms with Crippen LogP contribution in [-0.4, -0.2) is 13.2 Å². The van der Waals surface area contributed by atoms with Crippen LogP contribution in [0.4, 0.5) is 0 Å². The molecule has 0 N–H and O–H groups in total. The Hall–Kier alpha value is -0.0400. The van der Waals surface area contributed by atoms with Crippen LogP contribution in [0.3, 0.4) is 0 Å². The van der Waals surface area contributed by atoms with Crippen molar-refractivity contribution in [2.45, 2.75) is 64.4 Å². The third kappa shape index (κ3) is 4.12. The maximum atomic E-state index is 5.43. The molecule has 1 rings (SSSR count). The van der Waals surface area contributed by atoms with Crippen molar-refractivity contribution >= 4 is 0 Å². The van der Waals surface area contributed by atoms with E-state index in [2.05, 4.69) is 6.92 Å². The minimum atomic E-state index is 0.570. The highest BCUT2D eigenvalue weighted by Crippen LogP contribution is 2.29. The van der Waals surface area contributed by atoms with E-state index in [1.54, 1.807) is 0 Å². The zero-order valence-electron chi connectivity index (χ0n) is 9.22. The third-order valence-corrected chi connectivity index (χ3v) is 3.28. The van der Waals surface area contributed by atoms with Crippen molar-refractivity contribution in [2.75, 3.05) is 7.11 Å². The van der Waals surface area contributed by atoms with Gasteiger partial charge in [0.2, 0.25) is 0 Å². The predicted molar refractivity (Wildman–Crippen MR) is 56.9 cm³/mol. The van der Waals surface area contributed by atoms with Crippen molar-refractivity contribution in [3.8, 4) is 0 Å². The summed E-state index contributed by atoms with van der Waals surface area (Å²) in [6.07, 6.45) is 11.6. The standard InChI is InChI=1S/C12H24O/c1-3-4-5-7-11-8-6-9-12(10-11)13-2/h11-12H,3-10H2,1-2H3. The van der Waals surface area contributed by atoms with Crippen LogP contribution in [0, 0.1) is 5.92 Å². The summed E-state index contributed by atoms with van der Waals surface area (Å²) in [6, 6.07) is 0. The van der Waals surface area contributed by atoms with Crippen LogP contribution in [0.1, 0.15) is 58.3 Å². The molecule has 0 radical (unpaired) electrons. The van der Waals surface area contributed by atoms with E-state index in [9.17, 15) is 0 Å². The molecule has 0 aromatic carbocycles. The van der Waals surface area contributed by atoms with E-state index in [1.807, 2.05) is 7.11 Å². The highest BCUT2D eigenvalue weighted by atomic mass is 16.5. The lowest BCUT2D eigenvalue weighted by molar-refractivity contribution is 0.0485. The van der Waals surface area contributed by atoms with Crippen molar-refractivity contribution < 1.29 is 4.74 Å². The molecule has 1 saturated carbocycles. The largest absolute Gasteiger partial charge is 0.381 e. The molecule has 0 spiro atoms. The Balaban J connectivity index is 2.11. The molecule has 1 nitrogen and oxygen atoms in total. The van der Waals surface area contributed by atoms with Gasteiger partial charge in [-0.3, -0.25) is 0 Å². The molecule has 2 atom stereocenters. The Morgan fingerprint density at radius 3 is 2.77 bits per heavy atom. The summed E-state index contributed by atoms with van der Waals surface area (Å²) in [5, 5.41) is 0. The van der Waals surface area contributed by atoms with E-state index in [4.69, 9.17) is 4.74 Å². The Kier molecular flexibility index (Phi) is 5.45. The minimum absolute atomic E-state index is 0.570. The van der Waals surface area contributed by atoms with Crippen LogP contribution in [0.5, 0.6) is 0 Å². The van der Waals surface area contributed by atoms with E-state index >= 15 is 0 Å². The van der Waals surface area contributed by atoms with Crippen LogP contribution in [0.25, 0.3) is 0 Å². The molecule has 13 heavy (non-hydrogen) atoms. The SMILES string of the molecule is CCCCCC1CCCC(OC)C1. The Morgan fingerprint density at radius 1 is 1.23 bits per heavy atom. The lowest BCUT2D eigenvalue weighted by atomic mass is 9.84. The molecule has 1 fully saturated rings. The molecule has 2 unspecified atom stereocenters. The van der Waals surface area contributed by atoms with Crippen molar-refractivity contribution in [2.24, 2.45) is 5.92 Å². The van der Waals surface area contributed by atoms with Gasteiger partial charge in [-0.05, 0) is 18.8 Å². The van der Waals surface area contributed by atoms with Gasteiger partial charge in [0.1, 0.15) is 0 Å². The van der Waals surface area contributed by atoms with E-state index in [0.29, 0.717) is 6.10 Å². The topological polar surface area (TPSA) is 9.23 Å². The van der Waals surface area contributed by atoms with E-state index in [1.165, 1.54) is 51.4 Å². The van der Waals surface area contributed by atoms with Gasteiger partial charge in [0.25, 0.3) is 0 Å². The monoisotopic (exact) mass is 184 g/mol. The second kappa shape index (κ2) is 6.42. The molecule has 1 heteroatoms. The highest BCUT2D eigenvalue weighted by molar-refractivity contribution is 4.73. The molecular weight excluding hydrogens is 160 g/mol. The number of methoxy groups -OCH3 is 1.